The fourth-order valence-corrected chi connectivity index (χ4v) is 1.83. The molecule has 1 heterocycles. The molecule has 0 aliphatic carbocycles. The molecule has 1 saturated heterocycles. The topological polar surface area (TPSA) is 9.23 Å². The van der Waals surface area contributed by atoms with Crippen LogP contribution in [-0.4, -0.2) is 13.3 Å². The van der Waals surface area contributed by atoms with Crippen LogP contribution in [0.15, 0.2) is 0 Å². The molecule has 0 aromatic rings. The molecule has 0 unspecified atom stereocenters. The Morgan fingerprint density at radius 3 is 1.78 bits per heavy atom. The number of ether oxygens (including phenoxy) is 1. The van der Waals surface area contributed by atoms with Gasteiger partial charge in [-0.1, -0.05) is 31.9 Å². The number of hydrogen-bond donors (Lipinski definition) is 0. The number of halogens is 4. The quantitative estimate of drug-likeness (QED) is 0.579. The van der Waals surface area contributed by atoms with E-state index in [-0.39, 0.29) is 3.23 Å². The minimum absolute atomic E-state index is 0.174. The molecule has 1 aliphatic rings. The number of rotatable bonds is 0. The van der Waals surface area contributed by atoms with Crippen molar-refractivity contribution in [3.63, 3.8) is 0 Å². The molecular weight excluding hydrogens is 384 g/mol. The van der Waals surface area contributed by atoms with E-state index in [2.05, 4.69) is 63.7 Å². The van der Waals surface area contributed by atoms with Gasteiger partial charge in [0.15, 0.2) is 0 Å². The Bertz CT molecular complexity index is 108. The third kappa shape index (κ3) is 1.72. The van der Waals surface area contributed by atoms with Gasteiger partial charge in [0.2, 0.25) is 3.42 Å². The van der Waals surface area contributed by atoms with Crippen LogP contribution in [0.5, 0.6) is 0 Å². The van der Waals surface area contributed by atoms with Crippen LogP contribution < -0.4 is 0 Å². The molecule has 1 rings (SSSR count). The summed E-state index contributed by atoms with van der Waals surface area (Å²) in [6.07, 6.45) is 0.934. The summed E-state index contributed by atoms with van der Waals surface area (Å²) >= 11 is 13.7. The van der Waals surface area contributed by atoms with Crippen LogP contribution in [0.1, 0.15) is 6.42 Å². The summed E-state index contributed by atoms with van der Waals surface area (Å²) in [5.74, 6) is 0. The monoisotopic (exact) mass is 384 g/mol. The zero-order chi connectivity index (χ0) is 7.12. The molecule has 1 nitrogen and oxygen atoms in total. The van der Waals surface area contributed by atoms with Crippen molar-refractivity contribution in [2.75, 3.05) is 6.61 Å². The van der Waals surface area contributed by atoms with E-state index in [1.165, 1.54) is 0 Å². The molecule has 0 aromatic heterocycles. The average molecular weight is 388 g/mol. The van der Waals surface area contributed by atoms with Crippen molar-refractivity contribution in [3.05, 3.63) is 0 Å². The SMILES string of the molecule is BrC1(Br)CCOC1(Br)Br. The zero-order valence-electron chi connectivity index (χ0n) is 4.33. The van der Waals surface area contributed by atoms with E-state index in [1.54, 1.807) is 0 Å². The maximum Gasteiger partial charge on any atom is 0.202 e. The Labute approximate surface area is 87.4 Å². The van der Waals surface area contributed by atoms with Gasteiger partial charge < -0.3 is 4.74 Å². The molecule has 0 radical (unpaired) electrons. The Morgan fingerprint density at radius 1 is 1.11 bits per heavy atom. The Hall–Kier alpha value is 1.88. The summed E-state index contributed by atoms with van der Waals surface area (Å²) < 4.78 is 4.67. The van der Waals surface area contributed by atoms with Crippen LogP contribution in [0.2, 0.25) is 0 Å². The minimum Gasteiger partial charge on any atom is -0.352 e. The first-order valence-electron chi connectivity index (χ1n) is 2.35. The lowest BCUT2D eigenvalue weighted by Crippen LogP contribution is -2.28. The van der Waals surface area contributed by atoms with Gasteiger partial charge in [-0.05, 0) is 31.9 Å². The highest BCUT2D eigenvalue weighted by Gasteiger charge is 2.50. The molecule has 0 N–H and O–H groups in total. The lowest BCUT2D eigenvalue weighted by molar-refractivity contribution is 0.160. The Morgan fingerprint density at radius 2 is 1.67 bits per heavy atom. The molecule has 54 valence electrons. The van der Waals surface area contributed by atoms with Gasteiger partial charge in [0.25, 0.3) is 0 Å². The van der Waals surface area contributed by atoms with Gasteiger partial charge in [-0.3, -0.25) is 0 Å². The summed E-state index contributed by atoms with van der Waals surface area (Å²) in [5.41, 5.74) is 0. The molecule has 0 amide bonds. The summed E-state index contributed by atoms with van der Waals surface area (Å²) in [6.45, 7) is 0.743. The maximum atomic E-state index is 5.30. The van der Waals surface area contributed by atoms with Crippen LogP contribution in [-0.2, 0) is 4.74 Å². The predicted molar refractivity (Wildman–Crippen MR) is 51.7 cm³/mol. The standard InChI is InChI=1S/C4H4Br4O/c5-3(6)1-2-9-4(3,7)8/h1-2H2. The molecule has 0 saturated carbocycles. The fraction of sp³-hybridized carbons (Fsp3) is 1.00. The van der Waals surface area contributed by atoms with Crippen molar-refractivity contribution < 1.29 is 4.74 Å². The molecule has 5 heteroatoms. The summed E-state index contributed by atoms with van der Waals surface area (Å²) in [4.78, 5) is 0. The van der Waals surface area contributed by atoms with E-state index in [0.29, 0.717) is 0 Å². The van der Waals surface area contributed by atoms with E-state index in [9.17, 15) is 0 Å². The maximum absolute atomic E-state index is 5.30. The van der Waals surface area contributed by atoms with Gasteiger partial charge in [-0.25, -0.2) is 0 Å². The first-order chi connectivity index (χ1) is 3.96. The summed E-state index contributed by atoms with van der Waals surface area (Å²) in [5, 5.41) is 0. The van der Waals surface area contributed by atoms with Crippen molar-refractivity contribution in [2.24, 2.45) is 0 Å². The average Bonchev–Trinajstić information content (AvgIpc) is 1.81. The van der Waals surface area contributed by atoms with Crippen LogP contribution in [0, 0.1) is 0 Å². The highest BCUT2D eigenvalue weighted by Crippen LogP contribution is 2.55. The number of hydrogen-bond acceptors (Lipinski definition) is 1. The van der Waals surface area contributed by atoms with Crippen molar-refractivity contribution in [2.45, 2.75) is 13.1 Å². The highest BCUT2D eigenvalue weighted by atomic mass is 79.9. The van der Waals surface area contributed by atoms with Crippen molar-refractivity contribution in [1.29, 1.82) is 0 Å². The summed E-state index contributed by atoms with van der Waals surface area (Å²) in [7, 11) is 0. The largest absolute Gasteiger partial charge is 0.352 e. The zero-order valence-corrected chi connectivity index (χ0v) is 10.7. The van der Waals surface area contributed by atoms with Crippen molar-refractivity contribution in [3.8, 4) is 0 Å². The predicted octanol–water partition coefficient (Wildman–Crippen LogP) is 3.34. The lowest BCUT2D eigenvalue weighted by Gasteiger charge is -2.24. The Kier molecular flexibility index (Phi) is 2.73. The van der Waals surface area contributed by atoms with Crippen LogP contribution in [0.25, 0.3) is 0 Å². The van der Waals surface area contributed by atoms with E-state index in [0.717, 1.165) is 13.0 Å². The Balaban J connectivity index is 2.75. The molecule has 0 aromatic carbocycles. The highest BCUT2D eigenvalue weighted by molar-refractivity contribution is 9.30. The van der Waals surface area contributed by atoms with E-state index in [1.807, 2.05) is 0 Å². The second-order valence-electron chi connectivity index (χ2n) is 1.82. The van der Waals surface area contributed by atoms with E-state index < -0.39 is 3.42 Å². The van der Waals surface area contributed by atoms with Gasteiger partial charge in [0.05, 0.1) is 6.61 Å². The molecule has 9 heavy (non-hydrogen) atoms. The van der Waals surface area contributed by atoms with Crippen LogP contribution >= 0.6 is 63.7 Å². The molecule has 0 spiro atoms. The minimum atomic E-state index is -0.451. The fourth-order valence-electron chi connectivity index (χ4n) is 0.559. The lowest BCUT2D eigenvalue weighted by atomic mass is 10.4. The molecule has 0 atom stereocenters. The van der Waals surface area contributed by atoms with Gasteiger partial charge in [0.1, 0.15) is 3.23 Å². The van der Waals surface area contributed by atoms with Crippen LogP contribution in [0.4, 0.5) is 0 Å². The first-order valence-corrected chi connectivity index (χ1v) is 5.52. The van der Waals surface area contributed by atoms with Crippen molar-refractivity contribution >= 4 is 63.7 Å². The van der Waals surface area contributed by atoms with Gasteiger partial charge in [0, 0.05) is 6.42 Å². The van der Waals surface area contributed by atoms with Gasteiger partial charge in [-0.2, -0.15) is 0 Å². The third-order valence-corrected chi connectivity index (χ3v) is 6.97. The van der Waals surface area contributed by atoms with E-state index in [4.69, 9.17) is 4.74 Å². The van der Waals surface area contributed by atoms with Crippen LogP contribution in [0.3, 0.4) is 0 Å². The molecule has 1 fully saturated rings. The third-order valence-electron chi connectivity index (χ3n) is 1.13. The smallest absolute Gasteiger partial charge is 0.202 e. The second-order valence-corrected chi connectivity index (χ2v) is 8.89. The van der Waals surface area contributed by atoms with Crippen molar-refractivity contribution in [1.82, 2.24) is 0 Å². The normalized spacial score (nSPS) is 30.7. The first kappa shape index (κ1) is 8.97. The molecule has 0 bridgehead atoms. The van der Waals surface area contributed by atoms with Gasteiger partial charge >= 0.3 is 0 Å². The van der Waals surface area contributed by atoms with Gasteiger partial charge in [-0.15, -0.1) is 0 Å². The number of alkyl halides is 4. The summed E-state index contributed by atoms with van der Waals surface area (Å²) in [6, 6.07) is 0. The molecule has 1 aliphatic heterocycles. The van der Waals surface area contributed by atoms with E-state index >= 15 is 0 Å². The second kappa shape index (κ2) is 2.73. The molecular formula is C4H4Br4O.